The molecule has 1 unspecified atom stereocenters. The van der Waals surface area contributed by atoms with Crippen LogP contribution in [-0.2, 0) is 0 Å². The normalized spacial score (nSPS) is 14.5. The lowest BCUT2D eigenvalue weighted by atomic mass is 9.86. The number of hydrogen-bond donors (Lipinski definition) is 1. The molecule has 266 valence electrons. The summed E-state index contributed by atoms with van der Waals surface area (Å²) in [5.74, 6) is 0. The first-order valence-electron chi connectivity index (χ1n) is 19.8. The van der Waals surface area contributed by atoms with E-state index < -0.39 is 0 Å². The number of para-hydroxylation sites is 2. The van der Waals surface area contributed by atoms with Gasteiger partial charge in [-0.05, 0) is 102 Å². The van der Waals surface area contributed by atoms with Crippen LogP contribution in [0.2, 0.25) is 0 Å². The molecule has 0 saturated carbocycles. The first-order chi connectivity index (χ1) is 28.3. The summed E-state index contributed by atoms with van der Waals surface area (Å²) in [4.78, 5) is 0. The number of rotatable bonds is 4. The molecule has 1 aliphatic heterocycles. The number of aromatic nitrogens is 1. The van der Waals surface area contributed by atoms with Crippen molar-refractivity contribution >= 4 is 86.9 Å². The van der Waals surface area contributed by atoms with Crippen LogP contribution in [0.4, 0.5) is 0 Å². The molecule has 12 rings (SSSR count). The average Bonchev–Trinajstić information content (AvgIpc) is 3.64. The second-order valence-corrected chi connectivity index (χ2v) is 15.3. The number of hydrogen-bond acceptors (Lipinski definition) is 1. The molecule has 0 amide bonds. The Labute approximate surface area is 330 Å². The Hall–Kier alpha value is -7.42. The van der Waals surface area contributed by atoms with Crippen molar-refractivity contribution in [3.8, 4) is 5.69 Å². The summed E-state index contributed by atoms with van der Waals surface area (Å²) >= 11 is 0. The Balaban J connectivity index is 1.17. The zero-order chi connectivity index (χ0) is 37.5. The number of fused-ring (bicyclic) bond motifs is 13. The van der Waals surface area contributed by atoms with Gasteiger partial charge in [-0.25, -0.2) is 0 Å². The van der Waals surface area contributed by atoms with E-state index in [0.29, 0.717) is 0 Å². The van der Waals surface area contributed by atoms with Gasteiger partial charge in [0.15, 0.2) is 0 Å². The van der Waals surface area contributed by atoms with Gasteiger partial charge in [-0.2, -0.15) is 0 Å². The highest BCUT2D eigenvalue weighted by molar-refractivity contribution is 6.37. The maximum Gasteiger partial charge on any atom is 0.0713 e. The highest BCUT2D eigenvalue weighted by atomic mass is 15.0. The Kier molecular flexibility index (Phi) is 7.02. The molecule has 1 aromatic heterocycles. The van der Waals surface area contributed by atoms with E-state index in [0.717, 1.165) is 5.70 Å². The van der Waals surface area contributed by atoms with Gasteiger partial charge in [0.05, 0.1) is 17.1 Å². The first-order valence-corrected chi connectivity index (χ1v) is 19.8. The average molecular weight is 725 g/mol. The number of nitrogens with one attached hydrogen (secondary N) is 1. The Morgan fingerprint density at radius 2 is 1.00 bits per heavy atom. The molecule has 0 fully saturated rings. The van der Waals surface area contributed by atoms with Gasteiger partial charge in [-0.15, -0.1) is 0 Å². The van der Waals surface area contributed by atoms with E-state index in [9.17, 15) is 0 Å². The molecule has 2 heterocycles. The second-order valence-electron chi connectivity index (χ2n) is 15.3. The molecular weight excluding hydrogens is 689 g/mol. The van der Waals surface area contributed by atoms with Gasteiger partial charge in [-0.3, -0.25) is 0 Å². The first kappa shape index (κ1) is 31.9. The van der Waals surface area contributed by atoms with E-state index in [1.165, 1.54) is 104 Å². The monoisotopic (exact) mass is 724 g/mol. The molecule has 1 N–H and O–H groups in total. The van der Waals surface area contributed by atoms with Gasteiger partial charge >= 0.3 is 0 Å². The molecule has 1 atom stereocenters. The lowest BCUT2D eigenvalue weighted by Crippen LogP contribution is -2.22. The third kappa shape index (κ3) is 4.84. The number of nitrogens with zero attached hydrogens (tertiary/aromatic N) is 1. The lowest BCUT2D eigenvalue weighted by Gasteiger charge is -2.28. The minimum Gasteiger partial charge on any atom is -0.374 e. The molecule has 2 heteroatoms. The lowest BCUT2D eigenvalue weighted by molar-refractivity contribution is 0.775. The maximum absolute atomic E-state index is 4.12. The van der Waals surface area contributed by atoms with Gasteiger partial charge in [-0.1, -0.05) is 164 Å². The molecular formula is C55H36N2. The molecule has 11 aromatic rings. The van der Waals surface area contributed by atoms with Crippen molar-refractivity contribution in [2.75, 3.05) is 0 Å². The smallest absolute Gasteiger partial charge is 0.0713 e. The van der Waals surface area contributed by atoms with Gasteiger partial charge in [0.1, 0.15) is 0 Å². The van der Waals surface area contributed by atoms with Crippen LogP contribution >= 0.6 is 0 Å². The van der Waals surface area contributed by atoms with Crippen molar-refractivity contribution in [1.82, 2.24) is 9.88 Å². The molecule has 57 heavy (non-hydrogen) atoms. The summed E-state index contributed by atoms with van der Waals surface area (Å²) < 4.78 is 2.47. The third-order valence-electron chi connectivity index (χ3n) is 12.1. The van der Waals surface area contributed by atoms with Crippen LogP contribution in [0, 0.1) is 0 Å². The van der Waals surface area contributed by atoms with Crippen molar-refractivity contribution in [1.29, 1.82) is 0 Å². The zero-order valence-corrected chi connectivity index (χ0v) is 31.2. The van der Waals surface area contributed by atoms with Crippen LogP contribution in [-0.4, -0.2) is 4.57 Å². The van der Waals surface area contributed by atoms with Crippen LogP contribution in [0.1, 0.15) is 22.7 Å². The molecule has 0 aliphatic carbocycles. The summed E-state index contributed by atoms with van der Waals surface area (Å²) in [5.41, 5.74) is 9.64. The van der Waals surface area contributed by atoms with Crippen molar-refractivity contribution in [2.24, 2.45) is 0 Å². The Bertz CT molecular complexity index is 3480. The SMILES string of the molecule is C1=C(c2ccccc2)C=C(c2cc3ccccc3c3ccccc23)NC1c1cc2c3ccccc3c3c(c4ccccc4n3-c3ccccc3)c2c2ccccc12. The minimum absolute atomic E-state index is 0.0974. The fraction of sp³-hybridized carbons (Fsp3) is 0.0182. The van der Waals surface area contributed by atoms with E-state index in [1.54, 1.807) is 0 Å². The summed E-state index contributed by atoms with van der Waals surface area (Å²) in [6, 6.07) is 71.0. The molecule has 10 aromatic carbocycles. The summed E-state index contributed by atoms with van der Waals surface area (Å²) in [7, 11) is 0. The summed E-state index contributed by atoms with van der Waals surface area (Å²) in [5, 5.41) is 19.3. The molecule has 0 bridgehead atoms. The van der Waals surface area contributed by atoms with Crippen molar-refractivity contribution in [3.63, 3.8) is 0 Å². The molecule has 0 spiro atoms. The number of dihydropyridines is 1. The second kappa shape index (κ2) is 12.6. The van der Waals surface area contributed by atoms with Crippen molar-refractivity contribution in [2.45, 2.75) is 6.04 Å². The van der Waals surface area contributed by atoms with Gasteiger partial charge in [0.25, 0.3) is 0 Å². The summed E-state index contributed by atoms with van der Waals surface area (Å²) in [6.45, 7) is 0. The number of allylic oxidation sites excluding steroid dienone is 2. The van der Waals surface area contributed by atoms with Crippen LogP contribution < -0.4 is 5.32 Å². The Morgan fingerprint density at radius 3 is 1.77 bits per heavy atom. The molecule has 0 saturated heterocycles. The number of benzene rings is 10. The van der Waals surface area contributed by atoms with E-state index >= 15 is 0 Å². The van der Waals surface area contributed by atoms with Gasteiger partial charge in [0, 0.05) is 38.5 Å². The Morgan fingerprint density at radius 1 is 0.421 bits per heavy atom. The minimum atomic E-state index is -0.0974. The quantitative estimate of drug-likeness (QED) is 0.179. The highest BCUT2D eigenvalue weighted by Gasteiger charge is 2.25. The standard InChI is InChI=1S/C55H36N2/c1-3-17-35(18-4-1)37-32-50(47-31-36-19-7-8-22-39(36)40-23-9-10-24-41(40)47)56-51(33-37)48-34-49-43-26-12-14-28-45(43)55-54(53(49)44-27-13-11-25-42(44)48)46-29-15-16-30-52(46)57(55)38-20-5-2-6-21-38/h1-34,51,56H. The van der Waals surface area contributed by atoms with Crippen molar-refractivity contribution < 1.29 is 0 Å². The van der Waals surface area contributed by atoms with E-state index in [2.05, 4.69) is 216 Å². The largest absolute Gasteiger partial charge is 0.374 e. The predicted molar refractivity (Wildman–Crippen MR) is 243 cm³/mol. The highest BCUT2D eigenvalue weighted by Crippen LogP contribution is 2.47. The van der Waals surface area contributed by atoms with E-state index in [1.807, 2.05) is 0 Å². The topological polar surface area (TPSA) is 17.0 Å². The zero-order valence-electron chi connectivity index (χ0n) is 31.2. The van der Waals surface area contributed by atoms with Crippen LogP contribution in [0.15, 0.2) is 206 Å². The van der Waals surface area contributed by atoms with Crippen LogP contribution in [0.5, 0.6) is 0 Å². The van der Waals surface area contributed by atoms with Crippen LogP contribution in [0.3, 0.4) is 0 Å². The molecule has 2 nitrogen and oxygen atoms in total. The van der Waals surface area contributed by atoms with Crippen molar-refractivity contribution in [3.05, 3.63) is 223 Å². The van der Waals surface area contributed by atoms with E-state index in [4.69, 9.17) is 0 Å². The van der Waals surface area contributed by atoms with Crippen LogP contribution in [0.25, 0.3) is 92.6 Å². The summed E-state index contributed by atoms with van der Waals surface area (Å²) in [6.07, 6.45) is 4.78. The van der Waals surface area contributed by atoms with Gasteiger partial charge in [0.2, 0.25) is 0 Å². The molecule has 0 radical (unpaired) electrons. The predicted octanol–water partition coefficient (Wildman–Crippen LogP) is 14.3. The van der Waals surface area contributed by atoms with Gasteiger partial charge < -0.3 is 9.88 Å². The van der Waals surface area contributed by atoms with E-state index in [-0.39, 0.29) is 6.04 Å². The third-order valence-corrected chi connectivity index (χ3v) is 12.1. The fourth-order valence-corrected chi connectivity index (χ4v) is 9.70. The fourth-order valence-electron chi connectivity index (χ4n) is 9.70. The molecule has 1 aliphatic rings. The maximum atomic E-state index is 4.12.